The quantitative estimate of drug-likeness (QED) is 0.0300. The first-order valence-corrected chi connectivity index (χ1v) is 50.5. The Hall–Kier alpha value is -10.4. The lowest BCUT2D eigenvalue weighted by Gasteiger charge is -2.31. The predicted molar refractivity (Wildman–Crippen MR) is 533 cm³/mol. The van der Waals surface area contributed by atoms with Crippen LogP contribution in [0, 0.1) is 69.5 Å². The Morgan fingerprint density at radius 2 is 0.542 bits per heavy atom. The number of aromatic hydroxyl groups is 3. The van der Waals surface area contributed by atoms with Crippen molar-refractivity contribution in [1.82, 2.24) is 28.4 Å². The maximum atomic E-state index is 13.9. The number of aromatic nitrogens is 3. The molecule has 0 saturated heterocycles. The molecule has 3 heterocycles. The molecule has 6 rings (SSSR count). The van der Waals surface area contributed by atoms with Gasteiger partial charge >= 0.3 is 0 Å². The monoisotopic (exact) mass is 1800 g/mol. The molecule has 24 heteroatoms. The Morgan fingerprint density at radius 1 is 0.305 bits per heavy atom. The van der Waals surface area contributed by atoms with E-state index in [1.807, 2.05) is 46.8 Å². The van der Waals surface area contributed by atoms with Crippen LogP contribution in [-0.2, 0) is 38.9 Å². The van der Waals surface area contributed by atoms with Crippen molar-refractivity contribution < 1.29 is 29.7 Å². The Bertz CT molecular complexity index is 4760. The lowest BCUT2D eigenvalue weighted by molar-refractivity contribution is 0.0678. The third-order valence-corrected chi connectivity index (χ3v) is 25.6. The molecule has 3 amide bonds. The molecule has 0 aliphatic heterocycles. The highest BCUT2D eigenvalue weighted by atomic mass is 16.3. The number of carbonyl (C=O) groups excluding carboxylic acids is 3. The second-order valence-electron chi connectivity index (χ2n) is 35.6. The zero-order valence-corrected chi connectivity index (χ0v) is 83.5. The molecule has 6 aromatic rings. The molecule has 6 atom stereocenters. The maximum absolute atomic E-state index is 13.9. The van der Waals surface area contributed by atoms with Gasteiger partial charge in [0.15, 0.2) is 17.1 Å². The van der Waals surface area contributed by atoms with Crippen molar-refractivity contribution in [2.24, 2.45) is 66.2 Å². The summed E-state index contributed by atoms with van der Waals surface area (Å²) in [5.74, 6) is 2.09. The van der Waals surface area contributed by atoms with Gasteiger partial charge in [0.2, 0.25) is 17.6 Å². The summed E-state index contributed by atoms with van der Waals surface area (Å²) in [4.78, 5) is 87.5. The zero-order chi connectivity index (χ0) is 96.7. The SMILES string of the molecule is CCCCC(CC)CN(CC(CC)CCCC)C(=O)c1ccc(N=Nc2c(CCC)c(C#N)c(O)n(CCC)c2=O)cc1.CCCCc1c(C#N)c(O)n(CC)c(=O)c1N=Nc1ccc(C(=O)N(CC(CC)CCCC)CC(CC)CCCC)cc1.CCCCc1c(C#N)c(O)n(CCCC)c(=O)c1N=Nc1ccc(C(=O)N(CC(CC)CCCC)CC(CC)CCCC)cc1. The first-order valence-electron chi connectivity index (χ1n) is 50.5. The van der Waals surface area contributed by atoms with Crippen molar-refractivity contribution in [3.8, 4) is 35.8 Å². The average Bonchev–Trinajstić information content (AvgIpc) is 0.788. The average molecular weight is 1800 g/mol. The number of pyridine rings is 3. The fourth-order valence-corrected chi connectivity index (χ4v) is 16.8. The number of unbranched alkanes of at least 4 members (excludes halogenated alkanes) is 9. The van der Waals surface area contributed by atoms with Crippen molar-refractivity contribution in [3.63, 3.8) is 0 Å². The molecule has 0 aliphatic carbocycles. The summed E-state index contributed by atoms with van der Waals surface area (Å²) >= 11 is 0. The summed E-state index contributed by atoms with van der Waals surface area (Å²) in [6.07, 6.45) is 34.4. The molecule has 3 N–H and O–H groups in total. The topological polar surface area (TPSA) is 333 Å². The van der Waals surface area contributed by atoms with Gasteiger partial charge in [-0.15, -0.1) is 15.3 Å². The molecule has 3 aromatic carbocycles. The van der Waals surface area contributed by atoms with Crippen LogP contribution in [-0.4, -0.2) is 101 Å². The van der Waals surface area contributed by atoms with Gasteiger partial charge in [-0.1, -0.05) is 259 Å². The maximum Gasteiger partial charge on any atom is 0.281 e. The minimum absolute atomic E-state index is 0.0401. The van der Waals surface area contributed by atoms with Gasteiger partial charge in [0.25, 0.3) is 34.4 Å². The van der Waals surface area contributed by atoms with Crippen LogP contribution in [0.25, 0.3) is 0 Å². The molecule has 24 nitrogen and oxygen atoms in total. The number of hydrogen-bond acceptors (Lipinski definition) is 18. The van der Waals surface area contributed by atoms with Crippen molar-refractivity contribution in [1.29, 1.82) is 15.8 Å². The van der Waals surface area contributed by atoms with Crippen LogP contribution >= 0.6 is 0 Å². The van der Waals surface area contributed by atoms with Crippen LogP contribution in [0.1, 0.15) is 395 Å². The fraction of sp³-hybridized carbons (Fsp3) is 0.636. The van der Waals surface area contributed by atoms with E-state index < -0.39 is 16.7 Å². The molecular formula is C107H163N15O9. The van der Waals surface area contributed by atoms with Crippen molar-refractivity contribution in [3.05, 3.63) is 154 Å². The summed E-state index contributed by atoms with van der Waals surface area (Å²) < 4.78 is 3.57. The van der Waals surface area contributed by atoms with Gasteiger partial charge in [0, 0.05) is 92.3 Å². The van der Waals surface area contributed by atoms with Crippen LogP contribution in [0.3, 0.4) is 0 Å². The molecule has 0 fully saturated rings. The van der Waals surface area contributed by atoms with E-state index in [0.717, 1.165) is 192 Å². The summed E-state index contributed by atoms with van der Waals surface area (Å²) in [5, 5.41) is 87.2. The summed E-state index contributed by atoms with van der Waals surface area (Å²) in [7, 11) is 0. The smallest absolute Gasteiger partial charge is 0.281 e. The number of azo groups is 3. The molecule has 6 unspecified atom stereocenters. The van der Waals surface area contributed by atoms with E-state index in [1.54, 1.807) is 79.7 Å². The van der Waals surface area contributed by atoms with E-state index >= 15 is 0 Å². The molecular weight excluding hydrogens is 1640 g/mol. The number of amides is 3. The Labute approximate surface area is 785 Å². The Kier molecular flexibility index (Phi) is 54.8. The number of carbonyl (C=O) groups is 3. The van der Waals surface area contributed by atoms with Gasteiger partial charge in [0.1, 0.15) is 34.9 Å². The molecule has 0 saturated carbocycles. The molecule has 0 aliphatic rings. The van der Waals surface area contributed by atoms with Crippen molar-refractivity contribution in [2.45, 2.75) is 369 Å². The number of hydrogen-bond donors (Lipinski definition) is 3. The van der Waals surface area contributed by atoms with E-state index in [1.165, 1.54) is 47.7 Å². The molecule has 3 aromatic heterocycles. The summed E-state index contributed by atoms with van der Waals surface area (Å²) in [5.41, 5.74) is 3.71. The van der Waals surface area contributed by atoms with Gasteiger partial charge in [0.05, 0.1) is 17.1 Å². The molecule has 0 spiro atoms. The number of nitrogens with zero attached hydrogens (tertiary/aromatic N) is 15. The highest BCUT2D eigenvalue weighted by Gasteiger charge is 2.30. The fourth-order valence-electron chi connectivity index (χ4n) is 16.8. The first kappa shape index (κ1) is 113. The van der Waals surface area contributed by atoms with Crippen molar-refractivity contribution >= 4 is 51.8 Å². The van der Waals surface area contributed by atoms with Crippen LogP contribution in [0.4, 0.5) is 34.1 Å². The van der Waals surface area contributed by atoms with E-state index in [2.05, 4.69) is 135 Å². The van der Waals surface area contributed by atoms with Gasteiger partial charge in [-0.3, -0.25) is 42.5 Å². The van der Waals surface area contributed by atoms with Crippen LogP contribution in [0.2, 0.25) is 0 Å². The Balaban J connectivity index is 0.000000411. The largest absolute Gasteiger partial charge is 0.493 e. The third-order valence-electron chi connectivity index (χ3n) is 25.6. The van der Waals surface area contributed by atoms with Gasteiger partial charge in [-0.2, -0.15) is 31.1 Å². The lowest BCUT2D eigenvalue weighted by atomic mass is 9.95. The van der Waals surface area contributed by atoms with Gasteiger partial charge in [-0.05, 0) is 199 Å². The molecule has 0 bridgehead atoms. The van der Waals surface area contributed by atoms with Crippen LogP contribution < -0.4 is 16.7 Å². The first-order chi connectivity index (χ1) is 63.4. The number of rotatable bonds is 59. The zero-order valence-electron chi connectivity index (χ0n) is 83.5. The van der Waals surface area contributed by atoms with Crippen molar-refractivity contribution in [2.75, 3.05) is 39.3 Å². The summed E-state index contributed by atoms with van der Waals surface area (Å²) in [6, 6.07) is 27.4. The van der Waals surface area contributed by atoms with Gasteiger partial charge < -0.3 is 30.0 Å². The molecule has 131 heavy (non-hydrogen) atoms. The Morgan fingerprint density at radius 3 is 0.763 bits per heavy atom. The highest BCUT2D eigenvalue weighted by molar-refractivity contribution is 5.96. The normalized spacial score (nSPS) is 12.8. The molecule has 0 radical (unpaired) electrons. The van der Waals surface area contributed by atoms with Crippen LogP contribution in [0.5, 0.6) is 17.6 Å². The number of benzene rings is 3. The molecule has 720 valence electrons. The van der Waals surface area contributed by atoms with E-state index in [9.17, 15) is 59.9 Å². The predicted octanol–water partition coefficient (Wildman–Crippen LogP) is 28.0. The van der Waals surface area contributed by atoms with E-state index in [-0.39, 0.29) is 82.2 Å². The minimum Gasteiger partial charge on any atom is -0.493 e. The van der Waals surface area contributed by atoms with Crippen LogP contribution in [0.15, 0.2) is 118 Å². The minimum atomic E-state index is -0.474. The van der Waals surface area contributed by atoms with E-state index in [0.29, 0.717) is 131 Å². The second kappa shape index (κ2) is 63.6. The third kappa shape index (κ3) is 35.2. The second-order valence-corrected chi connectivity index (χ2v) is 35.6. The standard InChI is InChI=1S/C37H57N5O3.2C35H53N5O3/c1-7-13-17-28(11-5)26-41(27-29(12-6)18-14-8-2)35(43)30-20-22-31(23-21-30)39-40-34-32(19-15-9-3)33(25-38)36(44)42(37(34)45)24-16-10-4;1-7-13-16-26(11-5)24-39(25-27(12-6)17-14-8-2)33(41)28-18-20-29(21-19-28)37-38-32-30(15-9-3)31(23-36)34(42)40(22-10-4)35(32)43;1-7-13-16-26(10-4)24-39(25-27(11-5)17-14-8-2)33(41)28-19-21-29(22-20-28)37-38-32-30(18-15-9-3)31(23-36)34(42)40(12-6)35(32)43/h20-23,28-29,44H,7-19,24,26-27H2,1-6H3;18-21,26-27,42H,7-17,22,24-25H2,1-6H3;19-22,26-27,42H,7-18,24-25H2,1-6H3. The lowest BCUT2D eigenvalue weighted by Crippen LogP contribution is -2.39. The number of nitriles is 3. The van der Waals surface area contributed by atoms with E-state index in [4.69, 9.17) is 0 Å². The highest BCUT2D eigenvalue weighted by Crippen LogP contribution is 2.35. The summed E-state index contributed by atoms with van der Waals surface area (Å²) in [6.45, 7) is 43.6. The van der Waals surface area contributed by atoms with Gasteiger partial charge in [-0.25, -0.2) is 0 Å².